The van der Waals surface area contributed by atoms with Crippen LogP contribution in [0, 0.1) is 23.7 Å². The number of esters is 2. The molecule has 640 valence electrons. The van der Waals surface area contributed by atoms with Crippen LogP contribution < -0.4 is 0 Å². The van der Waals surface area contributed by atoms with Gasteiger partial charge in [-0.2, -0.15) is 11.8 Å². The lowest BCUT2D eigenvalue weighted by atomic mass is 9.71. The molecule has 0 bridgehead atoms. The highest BCUT2D eigenvalue weighted by Crippen LogP contribution is 2.48. The predicted molar refractivity (Wildman–Crippen MR) is 474 cm³/mol. The first-order valence-corrected chi connectivity index (χ1v) is 46.0. The smallest absolute Gasteiger partial charge is 0.309 e. The number of aromatic hydroxyl groups is 4. The number of thioether (sulfide) groups is 1. The number of carboxylic acid groups (broad SMARTS) is 2. The molecular weight excluding hydrogens is 1430 g/mol. The standard InChI is InChI=1S/C100H162O12S/c1-21-23-25-27-29-31-33-35-37-39-41-43-45-47-49-51-59-111-93(109)77(63-71-65-81(97(9,10)11)89(103)82(66-71)98(12,13)14)87(73-53-55-85(101)79(69-73)95(3,4)5)75(91(105)106)57-61-113-62-58-76(92(107)108)88(74-54-56-86(102)80(70-74)96(6,7)8)78(64-72-67-83(99(15,16)17)90(104)84(68-72)100(18,19)20)94(110)112-60-52-50-48-46-44-42-40-38-36-34-32-30-28-26-24-22-2/h53-56,65-70,75-78,87-88,101-104H,21-52,57-64H2,1-20H3,(H,105,106)(H,107,108). The first-order chi connectivity index (χ1) is 53.1. The van der Waals surface area contributed by atoms with Crippen LogP contribution in [0.5, 0.6) is 23.0 Å². The maximum atomic E-state index is 15.5. The number of unbranched alkanes of at least 4 members (excludes halogenated alkanes) is 30. The third-order valence-corrected chi connectivity index (χ3v) is 24.6. The van der Waals surface area contributed by atoms with Crippen LogP contribution in [-0.4, -0.2) is 79.2 Å². The highest BCUT2D eigenvalue weighted by Gasteiger charge is 2.44. The number of carboxylic acids is 2. The van der Waals surface area contributed by atoms with Crippen molar-refractivity contribution in [3.63, 3.8) is 0 Å². The van der Waals surface area contributed by atoms with Crippen molar-refractivity contribution in [1.29, 1.82) is 0 Å². The first kappa shape index (κ1) is 99.7. The lowest BCUT2D eigenvalue weighted by Crippen LogP contribution is -2.36. The van der Waals surface area contributed by atoms with Crippen LogP contribution in [0.1, 0.15) is 424 Å². The Balaban J connectivity index is 1.76. The van der Waals surface area contributed by atoms with E-state index in [1.165, 1.54) is 166 Å². The zero-order chi connectivity index (χ0) is 84.3. The van der Waals surface area contributed by atoms with Crippen LogP contribution >= 0.6 is 11.8 Å². The number of phenolic OH excluding ortho intramolecular Hbond substituents is 4. The van der Waals surface area contributed by atoms with E-state index in [1.807, 2.05) is 161 Å². The largest absolute Gasteiger partial charge is 0.508 e. The lowest BCUT2D eigenvalue weighted by molar-refractivity contribution is -0.153. The van der Waals surface area contributed by atoms with Gasteiger partial charge in [-0.15, -0.1) is 0 Å². The van der Waals surface area contributed by atoms with Crippen LogP contribution in [0.4, 0.5) is 0 Å². The van der Waals surface area contributed by atoms with E-state index in [9.17, 15) is 40.2 Å². The Bertz CT molecular complexity index is 3150. The summed E-state index contributed by atoms with van der Waals surface area (Å²) in [5, 5.41) is 70.7. The third kappa shape index (κ3) is 34.8. The molecule has 0 amide bonds. The molecular formula is C100H162O12S. The van der Waals surface area contributed by atoms with E-state index in [0.717, 1.165) is 49.7 Å². The molecule has 13 heteroatoms. The Morgan fingerprint density at radius 1 is 0.319 bits per heavy atom. The first-order valence-electron chi connectivity index (χ1n) is 44.8. The maximum Gasteiger partial charge on any atom is 0.309 e. The summed E-state index contributed by atoms with van der Waals surface area (Å²) >= 11 is 1.43. The molecule has 4 rings (SSSR count). The fourth-order valence-corrected chi connectivity index (χ4v) is 17.7. The zero-order valence-corrected chi connectivity index (χ0v) is 75.9. The second-order valence-corrected chi connectivity index (χ2v) is 41.1. The fourth-order valence-electron chi connectivity index (χ4n) is 16.6. The van der Waals surface area contributed by atoms with Gasteiger partial charge in [0.2, 0.25) is 0 Å². The average Bonchev–Trinajstić information content (AvgIpc) is 0.782. The van der Waals surface area contributed by atoms with Gasteiger partial charge in [-0.1, -0.05) is 380 Å². The molecule has 0 heterocycles. The molecule has 4 aromatic carbocycles. The summed E-state index contributed by atoms with van der Waals surface area (Å²) in [5.41, 5.74) is 3.53. The molecule has 0 spiro atoms. The molecule has 4 aromatic rings. The van der Waals surface area contributed by atoms with E-state index in [4.69, 9.17) is 9.47 Å². The maximum absolute atomic E-state index is 15.5. The molecule has 0 saturated heterocycles. The van der Waals surface area contributed by atoms with Crippen LogP contribution in [0.25, 0.3) is 0 Å². The lowest BCUT2D eigenvalue weighted by Gasteiger charge is -2.34. The van der Waals surface area contributed by atoms with Gasteiger partial charge in [-0.05, 0) is 150 Å². The van der Waals surface area contributed by atoms with Gasteiger partial charge in [-0.3, -0.25) is 19.2 Å². The van der Waals surface area contributed by atoms with Crippen molar-refractivity contribution in [3.05, 3.63) is 116 Å². The van der Waals surface area contributed by atoms with Crippen molar-refractivity contribution >= 4 is 35.6 Å². The van der Waals surface area contributed by atoms with Gasteiger partial charge >= 0.3 is 23.9 Å². The average molecular weight is 1590 g/mol. The van der Waals surface area contributed by atoms with Gasteiger partial charge in [-0.25, -0.2) is 0 Å². The van der Waals surface area contributed by atoms with Crippen molar-refractivity contribution < 1.29 is 59.3 Å². The van der Waals surface area contributed by atoms with Gasteiger partial charge in [0, 0.05) is 11.8 Å². The molecule has 0 aliphatic rings. The summed E-state index contributed by atoms with van der Waals surface area (Å²) in [6.07, 6.45) is 38.9. The van der Waals surface area contributed by atoms with Crippen molar-refractivity contribution in [2.45, 2.75) is 414 Å². The Hall–Kier alpha value is -5.69. The molecule has 0 radical (unpaired) electrons. The summed E-state index contributed by atoms with van der Waals surface area (Å²) in [6.45, 7) is 41.3. The van der Waals surface area contributed by atoms with Gasteiger partial charge in [0.25, 0.3) is 0 Å². The Morgan fingerprint density at radius 2 is 0.549 bits per heavy atom. The minimum Gasteiger partial charge on any atom is -0.508 e. The van der Waals surface area contributed by atoms with E-state index >= 15 is 9.59 Å². The minimum atomic E-state index is -1.18. The number of carbonyl (C=O) groups excluding carboxylic acids is 2. The van der Waals surface area contributed by atoms with Crippen LogP contribution in [0.3, 0.4) is 0 Å². The van der Waals surface area contributed by atoms with E-state index in [1.54, 1.807) is 24.3 Å². The summed E-state index contributed by atoms with van der Waals surface area (Å²) < 4.78 is 12.8. The second kappa shape index (κ2) is 48.9. The van der Waals surface area contributed by atoms with Gasteiger partial charge in [0.15, 0.2) is 0 Å². The van der Waals surface area contributed by atoms with Crippen molar-refractivity contribution in [3.8, 4) is 23.0 Å². The highest BCUT2D eigenvalue weighted by molar-refractivity contribution is 7.99. The number of hydrogen-bond acceptors (Lipinski definition) is 11. The molecule has 0 saturated carbocycles. The van der Waals surface area contributed by atoms with Crippen LogP contribution in [0.15, 0.2) is 60.7 Å². The van der Waals surface area contributed by atoms with E-state index in [2.05, 4.69) is 13.8 Å². The molecule has 0 fully saturated rings. The summed E-state index contributed by atoms with van der Waals surface area (Å²) in [5.74, 6) is -8.67. The second-order valence-electron chi connectivity index (χ2n) is 39.8. The fraction of sp³-hybridized carbons (Fsp3) is 0.720. The molecule has 12 nitrogen and oxygen atoms in total. The minimum absolute atomic E-state index is 0.0553. The topological polar surface area (TPSA) is 208 Å². The quantitative estimate of drug-likeness (QED) is 0.0180. The van der Waals surface area contributed by atoms with Crippen molar-refractivity contribution in [1.82, 2.24) is 0 Å². The summed E-state index contributed by atoms with van der Waals surface area (Å²) in [7, 11) is 0. The molecule has 113 heavy (non-hydrogen) atoms. The van der Waals surface area contributed by atoms with E-state index in [0.29, 0.717) is 57.3 Å². The van der Waals surface area contributed by atoms with E-state index in [-0.39, 0.29) is 73.4 Å². The number of ether oxygens (including phenoxy) is 2. The number of carbonyl (C=O) groups is 4. The number of benzene rings is 4. The third-order valence-electron chi connectivity index (χ3n) is 23.5. The normalized spacial score (nSPS) is 14.2. The van der Waals surface area contributed by atoms with E-state index < -0.39 is 91.9 Å². The molecule has 6 N–H and O–H groups in total. The zero-order valence-electron chi connectivity index (χ0n) is 75.1. The van der Waals surface area contributed by atoms with Crippen molar-refractivity contribution in [2.24, 2.45) is 23.7 Å². The highest BCUT2D eigenvalue weighted by atomic mass is 32.2. The van der Waals surface area contributed by atoms with Gasteiger partial charge < -0.3 is 40.1 Å². The Kier molecular flexibility index (Phi) is 43.1. The van der Waals surface area contributed by atoms with Crippen LogP contribution in [-0.2, 0) is 74.0 Å². The molecule has 0 aliphatic carbocycles. The van der Waals surface area contributed by atoms with Gasteiger partial charge in [0.05, 0.1) is 36.9 Å². The van der Waals surface area contributed by atoms with Gasteiger partial charge in [0.1, 0.15) is 23.0 Å². The SMILES string of the molecule is CCCCCCCCCCCCCCCCCCOC(=O)C(Cc1cc(C(C)(C)C)c(O)c(C(C)(C)C)c1)C(c1ccc(O)c(C(C)(C)C)c1)C(CCSCCC(C(=O)O)C(c1ccc(O)c(C(C)(C)C)c1)C(Cc1cc(C(C)(C)C)c(O)c(C(C)(C)C)c1)C(=O)OCCCCCCCCCCCCCCCCCC)C(=O)O. The number of aliphatic carboxylic acids is 2. The number of phenols is 4. The van der Waals surface area contributed by atoms with Crippen LogP contribution in [0.2, 0.25) is 0 Å². The van der Waals surface area contributed by atoms with Crippen molar-refractivity contribution in [2.75, 3.05) is 24.7 Å². The molecule has 0 aliphatic heterocycles. The predicted octanol–water partition coefficient (Wildman–Crippen LogP) is 27.4. The number of rotatable bonds is 54. The molecule has 0 aromatic heterocycles. The Morgan fingerprint density at radius 3 is 0.770 bits per heavy atom. The monoisotopic (exact) mass is 1590 g/mol. The number of hydrogen-bond donors (Lipinski definition) is 6. The Labute approximate surface area is 692 Å². The summed E-state index contributed by atoms with van der Waals surface area (Å²) in [6, 6.07) is 18.2. The summed E-state index contributed by atoms with van der Waals surface area (Å²) in [4.78, 5) is 60.1. The molecule has 6 atom stereocenters. The molecule has 6 unspecified atom stereocenters.